The van der Waals surface area contributed by atoms with E-state index in [9.17, 15) is 9.59 Å². The number of aromatic nitrogens is 2. The van der Waals surface area contributed by atoms with Gasteiger partial charge in [0.15, 0.2) is 5.78 Å². The van der Waals surface area contributed by atoms with Gasteiger partial charge in [-0.3, -0.25) is 14.6 Å². The van der Waals surface area contributed by atoms with Crippen LogP contribution < -0.4 is 10.9 Å². The van der Waals surface area contributed by atoms with Crippen LogP contribution in [0.1, 0.15) is 36.3 Å². The number of benzene rings is 1. The van der Waals surface area contributed by atoms with E-state index < -0.39 is 0 Å². The Bertz CT molecular complexity index is 677. The number of carbonyl (C=O) groups excluding carboxylic acids is 1. The molecule has 1 aromatic heterocycles. The molecule has 0 fully saturated rings. The molecule has 0 spiro atoms. The zero-order valence-corrected chi connectivity index (χ0v) is 11.6. The average molecular weight is 271 g/mol. The highest BCUT2D eigenvalue weighted by atomic mass is 16.1. The Balaban J connectivity index is 2.27. The van der Waals surface area contributed by atoms with Crippen molar-refractivity contribution in [2.45, 2.75) is 26.7 Å². The highest BCUT2D eigenvalue weighted by molar-refractivity contribution is 5.95. The Kier molecular flexibility index (Phi) is 4.30. The van der Waals surface area contributed by atoms with Crippen LogP contribution in [0.25, 0.3) is 0 Å². The Morgan fingerprint density at radius 3 is 2.85 bits per heavy atom. The van der Waals surface area contributed by atoms with Crippen molar-refractivity contribution in [2.24, 2.45) is 0 Å². The van der Waals surface area contributed by atoms with Gasteiger partial charge in [0.25, 0.3) is 5.56 Å². The summed E-state index contributed by atoms with van der Waals surface area (Å²) in [6, 6.07) is 8.58. The number of rotatable bonds is 5. The van der Waals surface area contributed by atoms with Crippen molar-refractivity contribution in [3.8, 4) is 0 Å². The normalized spacial score (nSPS) is 10.3. The molecule has 20 heavy (non-hydrogen) atoms. The van der Waals surface area contributed by atoms with Crippen LogP contribution in [0, 0.1) is 0 Å². The molecule has 0 amide bonds. The van der Waals surface area contributed by atoms with E-state index in [-0.39, 0.29) is 11.3 Å². The number of anilines is 2. The molecule has 0 saturated heterocycles. The molecule has 104 valence electrons. The third-order valence-corrected chi connectivity index (χ3v) is 2.83. The molecule has 0 unspecified atom stereocenters. The maximum Gasteiger partial charge on any atom is 0.252 e. The highest BCUT2D eigenvalue weighted by Gasteiger charge is 2.04. The van der Waals surface area contributed by atoms with Crippen molar-refractivity contribution in [1.29, 1.82) is 0 Å². The number of aromatic amines is 1. The Hall–Kier alpha value is -2.43. The molecule has 0 radical (unpaired) electrons. The summed E-state index contributed by atoms with van der Waals surface area (Å²) in [4.78, 5) is 29.9. The Morgan fingerprint density at radius 2 is 2.15 bits per heavy atom. The molecule has 5 heteroatoms. The van der Waals surface area contributed by atoms with E-state index in [2.05, 4.69) is 15.3 Å². The van der Waals surface area contributed by atoms with Gasteiger partial charge in [-0.15, -0.1) is 0 Å². The van der Waals surface area contributed by atoms with Crippen LogP contribution in [0.15, 0.2) is 35.1 Å². The minimum Gasteiger partial charge on any atom is -0.326 e. The van der Waals surface area contributed by atoms with Gasteiger partial charge in [-0.25, -0.2) is 4.98 Å². The van der Waals surface area contributed by atoms with E-state index in [1.807, 2.05) is 13.0 Å². The first-order valence-corrected chi connectivity index (χ1v) is 6.56. The number of aryl methyl sites for hydroxylation is 1. The molecule has 1 heterocycles. The maximum absolute atomic E-state index is 11.6. The number of Topliss-reactive ketones (excluding diaryl/α,β-unsaturated/α-hetero) is 1. The fraction of sp³-hybridized carbons (Fsp3) is 0.267. The molecule has 2 N–H and O–H groups in total. The largest absolute Gasteiger partial charge is 0.326 e. The standard InChI is InChI=1S/C15H17N3O2/c1-3-5-12-9-14(20)18-15(16-12)17-13-7-4-6-11(8-13)10(2)19/h4,6-9H,3,5H2,1-2H3,(H2,16,17,18,20). The van der Waals surface area contributed by atoms with Crippen LogP contribution in [0.2, 0.25) is 0 Å². The summed E-state index contributed by atoms with van der Waals surface area (Å²) in [5.41, 5.74) is 1.90. The van der Waals surface area contributed by atoms with Gasteiger partial charge >= 0.3 is 0 Å². The smallest absolute Gasteiger partial charge is 0.252 e. The number of hydrogen-bond donors (Lipinski definition) is 2. The third-order valence-electron chi connectivity index (χ3n) is 2.83. The van der Waals surface area contributed by atoms with Gasteiger partial charge in [-0.2, -0.15) is 0 Å². The molecule has 0 saturated carbocycles. The molecule has 0 bridgehead atoms. The van der Waals surface area contributed by atoms with Crippen molar-refractivity contribution < 1.29 is 4.79 Å². The molecule has 0 aliphatic heterocycles. The second-order valence-electron chi connectivity index (χ2n) is 4.60. The number of nitrogens with zero attached hydrogens (tertiary/aromatic N) is 1. The first kappa shape index (κ1) is 14.0. The number of ketones is 1. The van der Waals surface area contributed by atoms with Crippen molar-refractivity contribution >= 4 is 17.4 Å². The summed E-state index contributed by atoms with van der Waals surface area (Å²) in [6.45, 7) is 3.55. The lowest BCUT2D eigenvalue weighted by atomic mass is 10.1. The number of H-pyrrole nitrogens is 1. The zero-order valence-electron chi connectivity index (χ0n) is 11.6. The fourth-order valence-electron chi connectivity index (χ4n) is 1.90. The predicted molar refractivity (Wildman–Crippen MR) is 78.6 cm³/mol. The molecule has 1 aromatic carbocycles. The van der Waals surface area contributed by atoms with Crippen molar-refractivity contribution in [3.63, 3.8) is 0 Å². The van der Waals surface area contributed by atoms with E-state index >= 15 is 0 Å². The molecule has 0 aliphatic rings. The minimum atomic E-state index is -0.186. The zero-order chi connectivity index (χ0) is 14.5. The summed E-state index contributed by atoms with van der Waals surface area (Å²) >= 11 is 0. The quantitative estimate of drug-likeness (QED) is 0.820. The Labute approximate surface area is 117 Å². The topological polar surface area (TPSA) is 74.8 Å². The van der Waals surface area contributed by atoms with Crippen molar-refractivity contribution in [1.82, 2.24) is 9.97 Å². The monoisotopic (exact) mass is 271 g/mol. The highest BCUT2D eigenvalue weighted by Crippen LogP contribution is 2.15. The van der Waals surface area contributed by atoms with Crippen LogP contribution in [0.5, 0.6) is 0 Å². The maximum atomic E-state index is 11.6. The lowest BCUT2D eigenvalue weighted by molar-refractivity contribution is 0.101. The lowest BCUT2D eigenvalue weighted by Crippen LogP contribution is -2.12. The Morgan fingerprint density at radius 1 is 1.35 bits per heavy atom. The second kappa shape index (κ2) is 6.14. The van der Waals surface area contributed by atoms with Crippen molar-refractivity contribution in [3.05, 3.63) is 51.9 Å². The number of hydrogen-bond acceptors (Lipinski definition) is 4. The van der Waals surface area contributed by atoms with Gasteiger partial charge < -0.3 is 5.32 Å². The molecule has 0 aliphatic carbocycles. The molecular weight excluding hydrogens is 254 g/mol. The van der Waals surface area contributed by atoms with Crippen LogP contribution in [0.3, 0.4) is 0 Å². The predicted octanol–water partition coefficient (Wildman–Crippen LogP) is 2.67. The van der Waals surface area contributed by atoms with E-state index in [4.69, 9.17) is 0 Å². The SMILES string of the molecule is CCCc1cc(=O)[nH]c(Nc2cccc(C(C)=O)c2)n1. The average Bonchev–Trinajstić information content (AvgIpc) is 2.38. The van der Waals surface area contributed by atoms with E-state index in [1.165, 1.54) is 13.0 Å². The first-order chi connectivity index (χ1) is 9.58. The summed E-state index contributed by atoms with van der Waals surface area (Å²) in [6.07, 6.45) is 1.68. The third kappa shape index (κ3) is 3.54. The van der Waals surface area contributed by atoms with Gasteiger partial charge in [0, 0.05) is 23.0 Å². The van der Waals surface area contributed by atoms with Gasteiger partial charge in [0.2, 0.25) is 5.95 Å². The summed E-state index contributed by atoms with van der Waals surface area (Å²) in [5.74, 6) is 0.386. The van der Waals surface area contributed by atoms with E-state index in [0.717, 1.165) is 24.2 Å². The van der Waals surface area contributed by atoms with E-state index in [1.54, 1.807) is 18.2 Å². The molecular formula is C15H17N3O2. The molecule has 5 nitrogen and oxygen atoms in total. The number of nitrogens with one attached hydrogen (secondary N) is 2. The molecule has 0 atom stereocenters. The summed E-state index contributed by atoms with van der Waals surface area (Å²) < 4.78 is 0. The van der Waals surface area contributed by atoms with E-state index in [0.29, 0.717) is 11.5 Å². The molecule has 2 aromatic rings. The fourth-order valence-corrected chi connectivity index (χ4v) is 1.90. The summed E-state index contributed by atoms with van der Waals surface area (Å²) in [5, 5.41) is 3.02. The first-order valence-electron chi connectivity index (χ1n) is 6.56. The van der Waals surface area contributed by atoms with Crippen molar-refractivity contribution in [2.75, 3.05) is 5.32 Å². The van der Waals surface area contributed by atoms with Crippen LogP contribution >= 0.6 is 0 Å². The summed E-state index contributed by atoms with van der Waals surface area (Å²) in [7, 11) is 0. The minimum absolute atomic E-state index is 0.00478. The molecule has 2 rings (SSSR count). The number of carbonyl (C=O) groups is 1. The second-order valence-corrected chi connectivity index (χ2v) is 4.60. The van der Waals surface area contributed by atoms with Crippen LogP contribution in [-0.2, 0) is 6.42 Å². The van der Waals surface area contributed by atoms with Crippen LogP contribution in [-0.4, -0.2) is 15.8 Å². The van der Waals surface area contributed by atoms with Gasteiger partial charge in [0.05, 0.1) is 0 Å². The van der Waals surface area contributed by atoms with Crippen LogP contribution in [0.4, 0.5) is 11.6 Å². The van der Waals surface area contributed by atoms with Gasteiger partial charge in [0.1, 0.15) is 0 Å². The van der Waals surface area contributed by atoms with Gasteiger partial charge in [-0.1, -0.05) is 25.5 Å². The van der Waals surface area contributed by atoms with Gasteiger partial charge in [-0.05, 0) is 25.5 Å². The lowest BCUT2D eigenvalue weighted by Gasteiger charge is -2.07.